The quantitative estimate of drug-likeness (QED) is 0.252. The minimum absolute atomic E-state index is 0.618. The lowest BCUT2D eigenvalue weighted by Crippen LogP contribution is -2.49. The third kappa shape index (κ3) is 6.71. The van der Waals surface area contributed by atoms with Gasteiger partial charge in [0.05, 0.1) is 8.80 Å². The maximum Gasteiger partial charge on any atom is 0.0548 e. The molecule has 0 radical (unpaired) electrons. The van der Waals surface area contributed by atoms with Crippen molar-refractivity contribution in [1.82, 2.24) is 0 Å². The van der Waals surface area contributed by atoms with Crippen LogP contribution in [-0.4, -0.2) is 8.80 Å². The zero-order chi connectivity index (χ0) is 19.6. The fraction of sp³-hybridized carbons (Fsp3) is 1.00. The molecule has 0 fully saturated rings. The molecule has 0 aliphatic carbocycles. The van der Waals surface area contributed by atoms with Crippen LogP contribution in [0.25, 0.3) is 0 Å². The van der Waals surface area contributed by atoms with E-state index in [2.05, 4.69) is 62.3 Å². The summed E-state index contributed by atoms with van der Waals surface area (Å²) in [4.78, 5) is 0. The van der Waals surface area contributed by atoms with Crippen molar-refractivity contribution in [2.75, 3.05) is 0 Å². The molecule has 152 valence electrons. The molecule has 0 saturated carbocycles. The van der Waals surface area contributed by atoms with Gasteiger partial charge in [-0.05, 0) is 15.1 Å². The largest absolute Gasteiger partial charge is 0.0654 e. The molecule has 0 aromatic carbocycles. The zero-order valence-corrected chi connectivity index (χ0v) is 20.7. The summed E-state index contributed by atoms with van der Waals surface area (Å²) in [7, 11) is -1.02. The highest BCUT2D eigenvalue weighted by Gasteiger charge is 2.52. The Morgan fingerprint density at radius 2 is 0.720 bits per heavy atom. The Morgan fingerprint density at radius 3 is 0.880 bits per heavy atom. The predicted molar refractivity (Wildman–Crippen MR) is 122 cm³/mol. The molecular formula is C24H52Si. The molecule has 0 rings (SSSR count). The van der Waals surface area contributed by atoms with Crippen LogP contribution < -0.4 is 0 Å². The highest BCUT2D eigenvalue weighted by molar-refractivity contribution is 6.68. The molecule has 3 atom stereocenters. The van der Waals surface area contributed by atoms with E-state index in [1.807, 2.05) is 0 Å². The smallest absolute Gasteiger partial charge is 0.0548 e. The maximum absolute atomic E-state index is 2.71. The fourth-order valence-electron chi connectivity index (χ4n) is 5.84. The fourth-order valence-corrected chi connectivity index (χ4v) is 13.6. The third-order valence-electron chi connectivity index (χ3n) is 7.82. The van der Waals surface area contributed by atoms with E-state index in [-0.39, 0.29) is 0 Å². The van der Waals surface area contributed by atoms with Crippen molar-refractivity contribution in [2.45, 2.75) is 154 Å². The Hall–Kier alpha value is 0.217. The lowest BCUT2D eigenvalue weighted by molar-refractivity contribution is 0.380. The van der Waals surface area contributed by atoms with Gasteiger partial charge >= 0.3 is 0 Å². The van der Waals surface area contributed by atoms with Gasteiger partial charge in [-0.3, -0.25) is 0 Å². The SMILES string of the molecule is CCCCC(C)(CC)[SiH](C(C)(CC)CCCC)C(C)(CC)CCCC. The molecule has 0 spiro atoms. The molecule has 0 aliphatic rings. The zero-order valence-electron chi connectivity index (χ0n) is 19.6. The van der Waals surface area contributed by atoms with Crippen LogP contribution >= 0.6 is 0 Å². The Bertz CT molecular complexity index is 287. The van der Waals surface area contributed by atoms with Crippen molar-refractivity contribution < 1.29 is 0 Å². The highest BCUT2D eigenvalue weighted by atomic mass is 28.3. The molecule has 0 N–H and O–H groups in total. The van der Waals surface area contributed by atoms with Crippen LogP contribution in [0.1, 0.15) is 139 Å². The molecule has 1 heteroatoms. The molecule has 0 saturated heterocycles. The number of hydrogen-bond donors (Lipinski definition) is 0. The molecule has 0 aromatic rings. The minimum Gasteiger partial charge on any atom is -0.0654 e. The van der Waals surface area contributed by atoms with E-state index in [1.165, 1.54) is 77.0 Å². The van der Waals surface area contributed by atoms with Crippen molar-refractivity contribution in [3.05, 3.63) is 0 Å². The molecular weight excluding hydrogens is 316 g/mol. The van der Waals surface area contributed by atoms with Gasteiger partial charge in [-0.1, -0.05) is 139 Å². The first kappa shape index (κ1) is 25.2. The first-order chi connectivity index (χ1) is 11.7. The summed E-state index contributed by atoms with van der Waals surface area (Å²) in [5.74, 6) is 0. The van der Waals surface area contributed by atoms with Crippen LogP contribution in [0.3, 0.4) is 0 Å². The molecule has 0 nitrogen and oxygen atoms in total. The van der Waals surface area contributed by atoms with Crippen LogP contribution in [-0.2, 0) is 0 Å². The average Bonchev–Trinajstić information content (AvgIpc) is 2.63. The van der Waals surface area contributed by atoms with Gasteiger partial charge in [0.1, 0.15) is 0 Å². The lowest BCUT2D eigenvalue weighted by atomic mass is 9.97. The van der Waals surface area contributed by atoms with Gasteiger partial charge in [-0.15, -0.1) is 0 Å². The summed E-state index contributed by atoms with van der Waals surface area (Å²) in [6.07, 6.45) is 16.9. The Labute approximate surface area is 163 Å². The molecule has 3 unspecified atom stereocenters. The van der Waals surface area contributed by atoms with E-state index < -0.39 is 8.80 Å². The summed E-state index contributed by atoms with van der Waals surface area (Å²) in [5, 5.41) is 1.85. The Kier molecular flexibility index (Phi) is 11.9. The predicted octanol–water partition coefficient (Wildman–Crippen LogP) is 9.29. The standard InChI is InChI=1S/C24H52Si/c1-10-16-19-22(7,13-4)25(23(8,14-5)20-17-11-2)24(9,15-6)21-18-12-3/h25H,10-21H2,1-9H3. The summed E-state index contributed by atoms with van der Waals surface area (Å²) < 4.78 is 0. The van der Waals surface area contributed by atoms with Crippen molar-refractivity contribution in [3.8, 4) is 0 Å². The number of unbranched alkanes of at least 4 members (excludes halogenated alkanes) is 3. The van der Waals surface area contributed by atoms with Crippen molar-refractivity contribution in [1.29, 1.82) is 0 Å². The van der Waals surface area contributed by atoms with Crippen molar-refractivity contribution in [3.63, 3.8) is 0 Å². The number of hydrogen-bond acceptors (Lipinski definition) is 0. The monoisotopic (exact) mass is 368 g/mol. The first-order valence-electron chi connectivity index (χ1n) is 11.7. The van der Waals surface area contributed by atoms with Gasteiger partial charge in [-0.2, -0.15) is 0 Å². The summed E-state index contributed by atoms with van der Waals surface area (Å²) in [6, 6.07) is 0. The van der Waals surface area contributed by atoms with E-state index in [0.29, 0.717) is 15.1 Å². The average molecular weight is 369 g/mol. The van der Waals surface area contributed by atoms with Crippen molar-refractivity contribution in [2.24, 2.45) is 0 Å². The van der Waals surface area contributed by atoms with Crippen molar-refractivity contribution >= 4 is 8.80 Å². The Morgan fingerprint density at radius 1 is 0.480 bits per heavy atom. The Balaban J connectivity index is 6.06. The van der Waals surface area contributed by atoms with Crippen LogP contribution in [0, 0.1) is 0 Å². The molecule has 0 aromatic heterocycles. The molecule has 0 heterocycles. The van der Waals surface area contributed by atoms with E-state index >= 15 is 0 Å². The van der Waals surface area contributed by atoms with Gasteiger partial charge < -0.3 is 0 Å². The van der Waals surface area contributed by atoms with E-state index in [4.69, 9.17) is 0 Å². The van der Waals surface area contributed by atoms with Gasteiger partial charge in [0.2, 0.25) is 0 Å². The van der Waals surface area contributed by atoms with Gasteiger partial charge in [0.15, 0.2) is 0 Å². The molecule has 0 aliphatic heterocycles. The normalized spacial score (nSPS) is 20.5. The highest BCUT2D eigenvalue weighted by Crippen LogP contribution is 2.63. The molecule has 25 heavy (non-hydrogen) atoms. The first-order valence-corrected chi connectivity index (χ1v) is 13.5. The van der Waals surface area contributed by atoms with E-state index in [0.717, 1.165) is 0 Å². The lowest BCUT2D eigenvalue weighted by Gasteiger charge is -2.56. The van der Waals surface area contributed by atoms with E-state index in [9.17, 15) is 0 Å². The molecule has 0 amide bonds. The minimum atomic E-state index is -1.02. The summed E-state index contributed by atoms with van der Waals surface area (Å²) >= 11 is 0. The molecule has 0 bridgehead atoms. The van der Waals surface area contributed by atoms with Crippen LogP contribution in [0.15, 0.2) is 0 Å². The maximum atomic E-state index is 2.71. The van der Waals surface area contributed by atoms with Crippen LogP contribution in [0.5, 0.6) is 0 Å². The topological polar surface area (TPSA) is 0 Å². The van der Waals surface area contributed by atoms with E-state index in [1.54, 1.807) is 0 Å². The third-order valence-corrected chi connectivity index (χ3v) is 14.1. The number of rotatable bonds is 15. The van der Waals surface area contributed by atoms with Gasteiger partial charge in [0.25, 0.3) is 0 Å². The second-order valence-electron chi connectivity index (χ2n) is 9.77. The second kappa shape index (κ2) is 11.8. The van der Waals surface area contributed by atoms with Gasteiger partial charge in [0, 0.05) is 0 Å². The van der Waals surface area contributed by atoms with Gasteiger partial charge in [-0.25, -0.2) is 0 Å². The summed E-state index contributed by atoms with van der Waals surface area (Å²) in [6.45, 7) is 22.7. The van der Waals surface area contributed by atoms with Crippen LogP contribution in [0.4, 0.5) is 0 Å². The second-order valence-corrected chi connectivity index (χ2v) is 14.8. The van der Waals surface area contributed by atoms with Crippen LogP contribution in [0.2, 0.25) is 15.1 Å². The summed E-state index contributed by atoms with van der Waals surface area (Å²) in [5.41, 5.74) is 0.